The van der Waals surface area contributed by atoms with Crippen molar-refractivity contribution in [2.45, 2.75) is 18.9 Å². The summed E-state index contributed by atoms with van der Waals surface area (Å²) in [6.45, 7) is -0.625. The first kappa shape index (κ1) is 16.9. The molecule has 2 unspecified atom stereocenters. The van der Waals surface area contributed by atoms with Crippen LogP contribution in [-0.4, -0.2) is 41.5 Å². The molecule has 0 aromatic heterocycles. The number of carbonyl (C=O) groups is 2. The highest BCUT2D eigenvalue weighted by molar-refractivity contribution is 5.76. The summed E-state index contributed by atoms with van der Waals surface area (Å²) in [5.41, 5.74) is 6.08. The number of carboxylic acids is 2. The van der Waals surface area contributed by atoms with Gasteiger partial charge < -0.3 is 20.7 Å². The number of nitrogens with two attached hydrogens (primary N) is 1. The number of rotatable bonds is 9. The van der Waals surface area contributed by atoms with Crippen molar-refractivity contribution in [3.05, 3.63) is 29.8 Å². The molecule has 0 aliphatic heterocycles. The van der Waals surface area contributed by atoms with Gasteiger partial charge in [-0.2, -0.15) is 0 Å². The van der Waals surface area contributed by atoms with Crippen molar-refractivity contribution in [1.82, 2.24) is 0 Å². The molecular formula is C14H18FNO5. The van der Waals surface area contributed by atoms with Gasteiger partial charge in [-0.3, -0.25) is 9.59 Å². The summed E-state index contributed by atoms with van der Waals surface area (Å²) in [5.74, 6) is -2.71. The Kier molecular flexibility index (Phi) is 6.61. The molecule has 0 saturated carbocycles. The number of hydrogen-bond acceptors (Lipinski definition) is 4. The fourth-order valence-electron chi connectivity index (χ4n) is 1.84. The van der Waals surface area contributed by atoms with Gasteiger partial charge in [-0.15, -0.1) is 0 Å². The average molecular weight is 298 g/mol. The summed E-state index contributed by atoms with van der Waals surface area (Å²) >= 11 is 0. The lowest BCUT2D eigenvalue weighted by Crippen LogP contribution is -2.35. The van der Waals surface area contributed by atoms with Crippen LogP contribution in [0.5, 0.6) is 5.75 Å². The molecule has 4 N–H and O–H groups in total. The first-order chi connectivity index (χ1) is 9.93. The van der Waals surface area contributed by atoms with E-state index in [4.69, 9.17) is 20.7 Å². The van der Waals surface area contributed by atoms with Crippen molar-refractivity contribution in [3.63, 3.8) is 0 Å². The molecule has 0 radical (unpaired) electrons. The van der Waals surface area contributed by atoms with E-state index in [-0.39, 0.29) is 19.4 Å². The molecule has 0 aliphatic carbocycles. The lowest BCUT2D eigenvalue weighted by atomic mass is 9.93. The molecule has 0 fully saturated rings. The van der Waals surface area contributed by atoms with Crippen LogP contribution in [-0.2, 0) is 16.0 Å². The zero-order valence-corrected chi connectivity index (χ0v) is 11.4. The predicted molar refractivity (Wildman–Crippen MR) is 73.0 cm³/mol. The zero-order chi connectivity index (χ0) is 15.8. The van der Waals surface area contributed by atoms with Gasteiger partial charge in [0.1, 0.15) is 25.1 Å². The number of halogens is 1. The molecular weight excluding hydrogens is 280 g/mol. The van der Waals surface area contributed by atoms with Crippen molar-refractivity contribution in [3.8, 4) is 5.75 Å². The smallest absolute Gasteiger partial charge is 0.320 e. The molecule has 0 bridgehead atoms. The number of aliphatic carboxylic acids is 2. The van der Waals surface area contributed by atoms with Crippen LogP contribution in [0.2, 0.25) is 0 Å². The number of benzene rings is 1. The van der Waals surface area contributed by atoms with Gasteiger partial charge in [0.05, 0.1) is 5.92 Å². The first-order valence-electron chi connectivity index (χ1n) is 6.43. The summed E-state index contributed by atoms with van der Waals surface area (Å²) in [5, 5.41) is 17.9. The maximum atomic E-state index is 12.0. The van der Waals surface area contributed by atoms with E-state index in [0.717, 1.165) is 0 Å². The molecule has 1 aromatic rings. The topological polar surface area (TPSA) is 110 Å². The summed E-state index contributed by atoms with van der Waals surface area (Å²) in [6.07, 6.45) is 0.0183. The highest BCUT2D eigenvalue weighted by atomic mass is 18.2. The molecule has 0 spiro atoms. The summed E-state index contributed by atoms with van der Waals surface area (Å²) in [4.78, 5) is 21.8. The standard InChI is InChI=1S/C14H18FNO5/c15-5-6-21-11-3-1-9(2-4-11)7-10(13(17)18)8-12(16)14(19)20/h1-4,10,12H,5-8,16H2,(H,17,18)(H,19,20)/i15-1. The Balaban J connectivity index is 2.66. The van der Waals surface area contributed by atoms with Crippen LogP contribution in [0.4, 0.5) is 4.39 Å². The van der Waals surface area contributed by atoms with E-state index in [0.29, 0.717) is 11.3 Å². The van der Waals surface area contributed by atoms with E-state index in [2.05, 4.69) is 0 Å². The Bertz CT molecular complexity index is 477. The molecule has 0 amide bonds. The molecule has 1 rings (SSSR count). The SMILES string of the molecule is NC(CC(Cc1ccc(OCC[18F])cc1)C(=O)O)C(=O)O. The van der Waals surface area contributed by atoms with Gasteiger partial charge in [-0.05, 0) is 30.5 Å². The van der Waals surface area contributed by atoms with E-state index in [9.17, 15) is 14.0 Å². The quantitative estimate of drug-likeness (QED) is 0.629. The van der Waals surface area contributed by atoms with Crippen molar-refractivity contribution in [2.24, 2.45) is 11.7 Å². The van der Waals surface area contributed by atoms with Crippen LogP contribution in [0, 0.1) is 5.92 Å². The van der Waals surface area contributed by atoms with Crippen LogP contribution < -0.4 is 10.5 Å². The van der Waals surface area contributed by atoms with Gasteiger partial charge in [0.2, 0.25) is 0 Å². The van der Waals surface area contributed by atoms with Gasteiger partial charge in [0.25, 0.3) is 0 Å². The monoisotopic (exact) mass is 298 g/mol. The second kappa shape index (κ2) is 8.21. The second-order valence-corrected chi connectivity index (χ2v) is 4.60. The average Bonchev–Trinajstić information content (AvgIpc) is 2.45. The Labute approximate surface area is 121 Å². The lowest BCUT2D eigenvalue weighted by molar-refractivity contribution is -0.143. The predicted octanol–water partition coefficient (Wildman–Crippen LogP) is 1.08. The van der Waals surface area contributed by atoms with Crippen LogP contribution in [0.3, 0.4) is 0 Å². The van der Waals surface area contributed by atoms with Crippen LogP contribution in [0.1, 0.15) is 12.0 Å². The van der Waals surface area contributed by atoms with Gasteiger partial charge in [-0.1, -0.05) is 12.1 Å². The van der Waals surface area contributed by atoms with Crippen LogP contribution >= 0.6 is 0 Å². The highest BCUT2D eigenvalue weighted by Crippen LogP contribution is 2.18. The maximum Gasteiger partial charge on any atom is 0.320 e. The van der Waals surface area contributed by atoms with E-state index < -0.39 is 30.6 Å². The minimum absolute atomic E-state index is 0.0371. The van der Waals surface area contributed by atoms with E-state index in [1.165, 1.54) is 0 Å². The van der Waals surface area contributed by atoms with Gasteiger partial charge in [0, 0.05) is 0 Å². The minimum Gasteiger partial charge on any atom is -0.491 e. The second-order valence-electron chi connectivity index (χ2n) is 4.60. The molecule has 0 aliphatic rings. The lowest BCUT2D eigenvalue weighted by Gasteiger charge is -2.15. The summed E-state index contributed by atoms with van der Waals surface area (Å²) in [6, 6.07) is 5.34. The van der Waals surface area contributed by atoms with Crippen molar-refractivity contribution in [1.29, 1.82) is 0 Å². The number of alkyl halides is 1. The Morgan fingerprint density at radius 2 is 1.81 bits per heavy atom. The maximum absolute atomic E-state index is 12.0. The largest absolute Gasteiger partial charge is 0.491 e. The van der Waals surface area contributed by atoms with E-state index in [1.807, 2.05) is 0 Å². The third kappa shape index (κ3) is 5.78. The van der Waals surface area contributed by atoms with Gasteiger partial charge in [0.15, 0.2) is 0 Å². The Morgan fingerprint density at radius 1 is 1.19 bits per heavy atom. The van der Waals surface area contributed by atoms with E-state index in [1.54, 1.807) is 24.3 Å². The number of hydrogen-bond donors (Lipinski definition) is 3. The molecule has 6 nitrogen and oxygen atoms in total. The van der Waals surface area contributed by atoms with E-state index >= 15 is 0 Å². The van der Waals surface area contributed by atoms with Crippen molar-refractivity contribution >= 4 is 11.9 Å². The summed E-state index contributed by atoms with van der Waals surface area (Å²) in [7, 11) is 0. The Hall–Kier alpha value is -2.15. The molecule has 0 saturated heterocycles. The molecule has 116 valence electrons. The minimum atomic E-state index is -1.23. The molecule has 0 heterocycles. The number of carboxylic acid groups (broad SMARTS) is 2. The molecule has 2 atom stereocenters. The van der Waals surface area contributed by atoms with Crippen molar-refractivity contribution < 1.29 is 28.9 Å². The van der Waals surface area contributed by atoms with Crippen molar-refractivity contribution in [2.75, 3.05) is 13.3 Å². The van der Waals surface area contributed by atoms with Gasteiger partial charge >= 0.3 is 11.9 Å². The third-order valence-electron chi connectivity index (χ3n) is 2.96. The molecule has 7 heteroatoms. The molecule has 21 heavy (non-hydrogen) atoms. The Morgan fingerprint density at radius 3 is 2.29 bits per heavy atom. The fraction of sp³-hybridized carbons (Fsp3) is 0.429. The van der Waals surface area contributed by atoms with Gasteiger partial charge in [-0.25, -0.2) is 4.39 Å². The highest BCUT2D eigenvalue weighted by Gasteiger charge is 2.24. The normalized spacial score (nSPS) is 13.4. The van der Waals surface area contributed by atoms with Crippen LogP contribution in [0.25, 0.3) is 0 Å². The summed E-state index contributed by atoms with van der Waals surface area (Å²) < 4.78 is 17.0. The first-order valence-corrected chi connectivity index (χ1v) is 6.43. The number of ether oxygens (including phenoxy) is 1. The third-order valence-corrected chi connectivity index (χ3v) is 2.96. The fourth-order valence-corrected chi connectivity index (χ4v) is 1.84. The zero-order valence-electron chi connectivity index (χ0n) is 11.4. The van der Waals surface area contributed by atoms with Crippen LogP contribution in [0.15, 0.2) is 24.3 Å². The molecule has 1 aromatic carbocycles.